The zero-order valence-corrected chi connectivity index (χ0v) is 9.46. The maximum absolute atomic E-state index is 11.8. The second-order valence-corrected chi connectivity index (χ2v) is 3.70. The van der Waals surface area contributed by atoms with Crippen LogP contribution in [0.25, 0.3) is 16.7 Å². The minimum Gasteiger partial charge on any atom is -0.458 e. The Kier molecular flexibility index (Phi) is 2.33. The van der Waals surface area contributed by atoms with E-state index in [1.807, 2.05) is 12.1 Å². The van der Waals surface area contributed by atoms with Gasteiger partial charge in [-0.25, -0.2) is 0 Å². The summed E-state index contributed by atoms with van der Waals surface area (Å²) in [5.74, 6) is 0.359. The number of fused-ring (bicyclic) bond motifs is 3. The van der Waals surface area contributed by atoms with Crippen LogP contribution >= 0.6 is 0 Å². The number of nitrogens with zero attached hydrogens (tertiary/aromatic N) is 3. The summed E-state index contributed by atoms with van der Waals surface area (Å²) >= 11 is 0. The van der Waals surface area contributed by atoms with Crippen LogP contribution in [-0.2, 0) is 0 Å². The highest BCUT2D eigenvalue weighted by atomic mass is 16.5. The van der Waals surface area contributed by atoms with Crippen molar-refractivity contribution in [3.05, 3.63) is 47.3 Å². The molecule has 0 saturated carbocycles. The summed E-state index contributed by atoms with van der Waals surface area (Å²) in [6.07, 6.45) is 1.60. The lowest BCUT2D eigenvalue weighted by Crippen LogP contribution is -2.10. The first-order valence-electron chi connectivity index (χ1n) is 5.41. The summed E-state index contributed by atoms with van der Waals surface area (Å²) in [6, 6.07) is 7.40. The lowest BCUT2D eigenvalue weighted by molar-refractivity contribution is 0.334. The van der Waals surface area contributed by atoms with Crippen molar-refractivity contribution in [1.82, 2.24) is 19.6 Å². The number of rotatable bonds is 3. The average Bonchev–Trinajstić information content (AvgIpc) is 2.80. The van der Waals surface area contributed by atoms with Crippen LogP contribution in [0.1, 0.15) is 0 Å². The van der Waals surface area contributed by atoms with Gasteiger partial charge in [0.2, 0.25) is 5.78 Å². The highest BCUT2D eigenvalue weighted by Gasteiger charge is 2.09. The van der Waals surface area contributed by atoms with Crippen molar-refractivity contribution in [2.45, 2.75) is 0 Å². The van der Waals surface area contributed by atoms with E-state index >= 15 is 0 Å². The van der Waals surface area contributed by atoms with E-state index in [1.54, 1.807) is 22.7 Å². The van der Waals surface area contributed by atoms with Gasteiger partial charge in [0, 0.05) is 0 Å². The first kappa shape index (κ1) is 10.5. The fourth-order valence-electron chi connectivity index (χ4n) is 1.76. The lowest BCUT2D eigenvalue weighted by Gasteiger charge is -1.97. The van der Waals surface area contributed by atoms with E-state index in [1.165, 1.54) is 0 Å². The van der Waals surface area contributed by atoms with Gasteiger partial charge in [0.05, 0.1) is 10.9 Å². The van der Waals surface area contributed by atoms with Gasteiger partial charge in [-0.1, -0.05) is 24.8 Å². The highest BCUT2D eigenvalue weighted by molar-refractivity contribution is 5.79. The third-order valence-corrected chi connectivity index (χ3v) is 2.52. The van der Waals surface area contributed by atoms with Gasteiger partial charge in [-0.3, -0.25) is 9.78 Å². The Morgan fingerprint density at radius 2 is 2.28 bits per heavy atom. The molecule has 0 fully saturated rings. The molecule has 0 aliphatic rings. The minimum absolute atomic E-state index is 0.194. The average molecular weight is 242 g/mol. The van der Waals surface area contributed by atoms with Gasteiger partial charge in [0.1, 0.15) is 6.61 Å². The molecule has 3 aromatic rings. The van der Waals surface area contributed by atoms with E-state index in [0.29, 0.717) is 23.3 Å². The molecular formula is C12H10N4O2. The molecule has 6 heteroatoms. The Morgan fingerprint density at radius 3 is 3.11 bits per heavy atom. The van der Waals surface area contributed by atoms with Crippen molar-refractivity contribution in [3.8, 4) is 6.01 Å². The number of hydrogen-bond donors (Lipinski definition) is 1. The molecule has 18 heavy (non-hydrogen) atoms. The highest BCUT2D eigenvalue weighted by Crippen LogP contribution is 2.12. The molecule has 6 nitrogen and oxygen atoms in total. The van der Waals surface area contributed by atoms with Crippen molar-refractivity contribution in [2.75, 3.05) is 6.61 Å². The molecule has 1 N–H and O–H groups in total. The van der Waals surface area contributed by atoms with Crippen LogP contribution < -0.4 is 10.3 Å². The molecule has 0 aliphatic heterocycles. The molecule has 2 aromatic heterocycles. The predicted octanol–water partition coefficient (Wildman–Crippen LogP) is 1.14. The van der Waals surface area contributed by atoms with Crippen molar-refractivity contribution < 1.29 is 4.74 Å². The maximum atomic E-state index is 11.8. The number of H-pyrrole nitrogens is 1. The fourth-order valence-corrected chi connectivity index (χ4v) is 1.76. The van der Waals surface area contributed by atoms with Crippen LogP contribution in [0.15, 0.2) is 41.7 Å². The van der Waals surface area contributed by atoms with E-state index < -0.39 is 0 Å². The largest absolute Gasteiger partial charge is 0.458 e. The SMILES string of the molecule is C=CCOc1nc2[nH]c(=O)c3ccccc3n2n1. The molecule has 0 atom stereocenters. The molecule has 0 spiro atoms. The van der Waals surface area contributed by atoms with Gasteiger partial charge < -0.3 is 4.74 Å². The van der Waals surface area contributed by atoms with Crippen molar-refractivity contribution in [3.63, 3.8) is 0 Å². The number of aromatic amines is 1. The molecule has 3 rings (SSSR count). The molecule has 0 saturated heterocycles. The van der Waals surface area contributed by atoms with Crippen LogP contribution in [0.3, 0.4) is 0 Å². The van der Waals surface area contributed by atoms with Gasteiger partial charge in [-0.2, -0.15) is 9.50 Å². The Balaban J connectivity index is 2.29. The molecule has 90 valence electrons. The van der Waals surface area contributed by atoms with Gasteiger partial charge >= 0.3 is 6.01 Å². The third-order valence-electron chi connectivity index (χ3n) is 2.52. The molecule has 1 aromatic carbocycles. The van der Waals surface area contributed by atoms with E-state index in [2.05, 4.69) is 21.6 Å². The van der Waals surface area contributed by atoms with Gasteiger partial charge in [0.25, 0.3) is 5.56 Å². The van der Waals surface area contributed by atoms with E-state index in [4.69, 9.17) is 4.74 Å². The lowest BCUT2D eigenvalue weighted by atomic mass is 10.2. The molecule has 2 heterocycles. The van der Waals surface area contributed by atoms with Crippen molar-refractivity contribution >= 4 is 16.7 Å². The smallest absolute Gasteiger partial charge is 0.338 e. The summed E-state index contributed by atoms with van der Waals surface area (Å²) < 4.78 is 6.80. The first-order valence-corrected chi connectivity index (χ1v) is 5.41. The van der Waals surface area contributed by atoms with E-state index in [-0.39, 0.29) is 11.6 Å². The zero-order valence-electron chi connectivity index (χ0n) is 9.46. The topological polar surface area (TPSA) is 72.3 Å². The zero-order chi connectivity index (χ0) is 12.5. The summed E-state index contributed by atoms with van der Waals surface area (Å²) in [7, 11) is 0. The Morgan fingerprint density at radius 1 is 1.44 bits per heavy atom. The van der Waals surface area contributed by atoms with Gasteiger partial charge in [-0.05, 0) is 12.1 Å². The van der Waals surface area contributed by atoms with Crippen LogP contribution in [0.4, 0.5) is 0 Å². The molecule has 0 radical (unpaired) electrons. The monoisotopic (exact) mass is 242 g/mol. The fraction of sp³-hybridized carbons (Fsp3) is 0.0833. The molecule has 0 amide bonds. The number of ether oxygens (including phenoxy) is 1. The Labute approximate surface area is 102 Å². The summed E-state index contributed by atoms with van der Waals surface area (Å²) in [6.45, 7) is 3.87. The predicted molar refractivity (Wildman–Crippen MR) is 66.8 cm³/mol. The summed E-state index contributed by atoms with van der Waals surface area (Å²) in [4.78, 5) is 18.6. The molecule has 0 bridgehead atoms. The number of hydrogen-bond acceptors (Lipinski definition) is 4. The number of aromatic nitrogens is 4. The van der Waals surface area contributed by atoms with Crippen LogP contribution in [-0.4, -0.2) is 26.2 Å². The summed E-state index contributed by atoms with van der Waals surface area (Å²) in [5.41, 5.74) is 0.498. The Bertz CT molecular complexity index is 787. The standard InChI is InChI=1S/C12H10N4O2/c1-2-7-18-12-14-11-13-10(17)8-5-3-4-6-9(8)16(11)15-12/h2-6H,1,7H2,(H,13,14,15,17). The molecular weight excluding hydrogens is 232 g/mol. The van der Waals surface area contributed by atoms with Crippen molar-refractivity contribution in [2.24, 2.45) is 0 Å². The van der Waals surface area contributed by atoms with E-state index in [9.17, 15) is 4.79 Å². The minimum atomic E-state index is -0.194. The van der Waals surface area contributed by atoms with Crippen LogP contribution in [0.2, 0.25) is 0 Å². The second kappa shape index (κ2) is 3.99. The van der Waals surface area contributed by atoms with Crippen LogP contribution in [0.5, 0.6) is 6.01 Å². The van der Waals surface area contributed by atoms with Gasteiger partial charge in [0.15, 0.2) is 0 Å². The number of para-hydroxylation sites is 1. The molecule has 0 unspecified atom stereocenters. The van der Waals surface area contributed by atoms with Crippen LogP contribution in [0, 0.1) is 0 Å². The third kappa shape index (κ3) is 1.55. The van der Waals surface area contributed by atoms with E-state index in [0.717, 1.165) is 0 Å². The molecule has 0 aliphatic carbocycles. The normalized spacial score (nSPS) is 10.9. The Hall–Kier alpha value is -2.63. The first-order chi connectivity index (χ1) is 8.79. The quantitative estimate of drug-likeness (QED) is 0.699. The van der Waals surface area contributed by atoms with Crippen molar-refractivity contribution in [1.29, 1.82) is 0 Å². The maximum Gasteiger partial charge on any atom is 0.338 e. The number of benzene rings is 1. The second-order valence-electron chi connectivity index (χ2n) is 3.70. The summed E-state index contributed by atoms with van der Waals surface area (Å²) in [5, 5.41) is 4.75. The number of nitrogens with one attached hydrogen (secondary N) is 1. The van der Waals surface area contributed by atoms with Gasteiger partial charge in [-0.15, -0.1) is 5.10 Å².